The number of imide groups is 1. The zero-order valence-electron chi connectivity index (χ0n) is 21.2. The SMILES string of the molecule is Cc1c(Cl)cccc1N1C(=O)[C@@H]2[C@@H](ON(c3ccccc3)[C@H]2c2ccccc2OS(=O)(=O)c2ccccc2)C1=O. The molecule has 2 fully saturated rings. The van der Waals surface area contributed by atoms with Crippen molar-refractivity contribution in [2.45, 2.75) is 24.0 Å². The van der Waals surface area contributed by atoms with E-state index < -0.39 is 40.0 Å². The van der Waals surface area contributed by atoms with E-state index in [2.05, 4.69) is 0 Å². The second-order valence-corrected chi connectivity index (χ2v) is 11.4. The summed E-state index contributed by atoms with van der Waals surface area (Å²) >= 11 is 6.31. The van der Waals surface area contributed by atoms with Crippen molar-refractivity contribution in [3.8, 4) is 5.75 Å². The molecule has 2 amide bonds. The van der Waals surface area contributed by atoms with Crippen LogP contribution in [0.5, 0.6) is 5.75 Å². The molecule has 0 aromatic heterocycles. The van der Waals surface area contributed by atoms with Crippen LogP contribution in [-0.4, -0.2) is 26.3 Å². The van der Waals surface area contributed by atoms with Gasteiger partial charge in [-0.1, -0.05) is 72.3 Å². The fourth-order valence-electron chi connectivity index (χ4n) is 5.16. The highest BCUT2D eigenvalue weighted by molar-refractivity contribution is 7.87. The fraction of sp³-hybridized carbons (Fsp3) is 0.133. The summed E-state index contributed by atoms with van der Waals surface area (Å²) in [4.78, 5) is 35.0. The lowest BCUT2D eigenvalue weighted by Crippen LogP contribution is -2.38. The van der Waals surface area contributed by atoms with E-state index in [1.54, 1.807) is 85.8 Å². The lowest BCUT2D eigenvalue weighted by atomic mass is 9.90. The Bertz CT molecular complexity index is 1710. The average molecular weight is 575 g/mol. The quantitative estimate of drug-likeness (QED) is 0.223. The molecule has 0 bridgehead atoms. The maximum Gasteiger partial charge on any atom is 0.339 e. The summed E-state index contributed by atoms with van der Waals surface area (Å²) in [5, 5.41) is 1.91. The van der Waals surface area contributed by atoms with Gasteiger partial charge >= 0.3 is 10.1 Å². The number of carbonyl (C=O) groups is 2. The van der Waals surface area contributed by atoms with Crippen LogP contribution in [0.2, 0.25) is 5.02 Å². The number of rotatable bonds is 6. The van der Waals surface area contributed by atoms with E-state index >= 15 is 0 Å². The van der Waals surface area contributed by atoms with E-state index in [0.717, 1.165) is 4.90 Å². The summed E-state index contributed by atoms with van der Waals surface area (Å²) in [6.45, 7) is 1.73. The van der Waals surface area contributed by atoms with Crippen LogP contribution in [-0.2, 0) is 24.5 Å². The molecule has 8 nitrogen and oxygen atoms in total. The molecule has 202 valence electrons. The first-order valence-electron chi connectivity index (χ1n) is 12.5. The molecule has 2 aliphatic heterocycles. The lowest BCUT2D eigenvalue weighted by Gasteiger charge is -2.30. The molecule has 2 heterocycles. The Morgan fingerprint density at radius 3 is 2.17 bits per heavy atom. The van der Waals surface area contributed by atoms with E-state index in [4.69, 9.17) is 20.6 Å². The molecule has 10 heteroatoms. The number of carbonyl (C=O) groups excluding carboxylic acids is 2. The number of hydroxylamine groups is 1. The van der Waals surface area contributed by atoms with Gasteiger partial charge in [-0.25, -0.2) is 9.96 Å². The number of halogens is 1. The maximum absolute atomic E-state index is 14.0. The van der Waals surface area contributed by atoms with Crippen LogP contribution in [0.1, 0.15) is 17.2 Å². The Labute approximate surface area is 236 Å². The topological polar surface area (TPSA) is 93.2 Å². The molecule has 2 aliphatic rings. The minimum absolute atomic E-state index is 0.0139. The van der Waals surface area contributed by atoms with Crippen molar-refractivity contribution in [1.82, 2.24) is 0 Å². The van der Waals surface area contributed by atoms with Crippen molar-refractivity contribution in [2.75, 3.05) is 9.96 Å². The number of fused-ring (bicyclic) bond motifs is 1. The Morgan fingerprint density at radius 1 is 0.800 bits per heavy atom. The van der Waals surface area contributed by atoms with Gasteiger partial charge in [0, 0.05) is 10.6 Å². The molecule has 4 aromatic carbocycles. The number of nitrogens with zero attached hydrogens (tertiary/aromatic N) is 2. The van der Waals surface area contributed by atoms with Gasteiger partial charge in [-0.05, 0) is 55.0 Å². The van der Waals surface area contributed by atoms with E-state index in [9.17, 15) is 18.0 Å². The molecular formula is C30H23ClN2O6S. The Hall–Kier alpha value is -4.18. The normalized spacial score (nSPS) is 20.6. The number of hydrogen-bond donors (Lipinski definition) is 0. The van der Waals surface area contributed by atoms with Gasteiger partial charge in [-0.2, -0.15) is 8.42 Å². The van der Waals surface area contributed by atoms with Gasteiger partial charge < -0.3 is 4.18 Å². The van der Waals surface area contributed by atoms with Crippen LogP contribution in [0.4, 0.5) is 11.4 Å². The van der Waals surface area contributed by atoms with E-state index in [1.165, 1.54) is 23.3 Å². The summed E-state index contributed by atoms with van der Waals surface area (Å²) in [6, 6.07) is 27.5. The molecular weight excluding hydrogens is 552 g/mol. The molecule has 0 saturated carbocycles. The molecule has 2 saturated heterocycles. The van der Waals surface area contributed by atoms with Crippen LogP contribution in [0.25, 0.3) is 0 Å². The molecule has 6 rings (SSSR count). The highest BCUT2D eigenvalue weighted by atomic mass is 35.5. The molecule has 0 spiro atoms. The highest BCUT2D eigenvalue weighted by Gasteiger charge is 2.61. The average Bonchev–Trinajstić information content (AvgIpc) is 3.47. The predicted octanol–water partition coefficient (Wildman–Crippen LogP) is 5.47. The summed E-state index contributed by atoms with van der Waals surface area (Å²) in [5.74, 6) is -1.97. The summed E-state index contributed by atoms with van der Waals surface area (Å²) < 4.78 is 32.0. The standard InChI is InChI=1S/C30H23ClN2O6S/c1-19-23(31)16-10-17-24(19)32-29(34)26-27(33(38-28(26)30(32)35)20-11-4-2-5-12-20)22-15-8-9-18-25(22)39-40(36,37)21-13-6-3-7-14-21/h2-18,26-28H,1H3/t26-,27-,28+/m0/s1. The van der Waals surface area contributed by atoms with Crippen molar-refractivity contribution in [1.29, 1.82) is 0 Å². The largest absolute Gasteiger partial charge is 0.379 e. The maximum atomic E-state index is 14.0. The molecule has 0 unspecified atom stereocenters. The number of benzene rings is 4. The second kappa shape index (κ2) is 10.1. The van der Waals surface area contributed by atoms with Crippen LogP contribution < -0.4 is 14.1 Å². The van der Waals surface area contributed by atoms with Gasteiger partial charge in [0.05, 0.1) is 17.4 Å². The molecule has 3 atom stereocenters. The first-order valence-corrected chi connectivity index (χ1v) is 14.3. The summed E-state index contributed by atoms with van der Waals surface area (Å²) in [7, 11) is -4.19. The fourth-order valence-corrected chi connectivity index (χ4v) is 6.30. The van der Waals surface area contributed by atoms with Gasteiger partial charge in [0.15, 0.2) is 6.10 Å². The third-order valence-corrected chi connectivity index (χ3v) is 8.73. The molecule has 0 radical (unpaired) electrons. The van der Waals surface area contributed by atoms with Crippen molar-refractivity contribution >= 4 is 44.9 Å². The third kappa shape index (κ3) is 4.32. The van der Waals surface area contributed by atoms with Crippen LogP contribution in [0.3, 0.4) is 0 Å². The van der Waals surface area contributed by atoms with Gasteiger partial charge in [0.2, 0.25) is 5.91 Å². The first-order chi connectivity index (χ1) is 19.3. The number of anilines is 2. The Balaban J connectivity index is 1.46. The minimum Gasteiger partial charge on any atom is -0.379 e. The molecule has 0 aliphatic carbocycles. The first kappa shape index (κ1) is 26.1. The van der Waals surface area contributed by atoms with E-state index in [-0.39, 0.29) is 10.6 Å². The summed E-state index contributed by atoms with van der Waals surface area (Å²) in [6.07, 6.45) is -1.14. The van der Waals surface area contributed by atoms with Crippen LogP contribution >= 0.6 is 11.6 Å². The predicted molar refractivity (Wildman–Crippen MR) is 149 cm³/mol. The minimum atomic E-state index is -4.19. The zero-order chi connectivity index (χ0) is 28.0. The van der Waals surface area contributed by atoms with Crippen molar-refractivity contribution in [3.63, 3.8) is 0 Å². The van der Waals surface area contributed by atoms with Crippen LogP contribution in [0, 0.1) is 12.8 Å². The zero-order valence-corrected chi connectivity index (χ0v) is 22.7. The van der Waals surface area contributed by atoms with Gasteiger partial charge in [0.1, 0.15) is 16.6 Å². The van der Waals surface area contributed by atoms with E-state index in [0.29, 0.717) is 27.5 Å². The van der Waals surface area contributed by atoms with Gasteiger partial charge in [-0.3, -0.25) is 14.4 Å². The lowest BCUT2D eigenvalue weighted by molar-refractivity contribution is -0.126. The Kier molecular flexibility index (Phi) is 6.58. The smallest absolute Gasteiger partial charge is 0.339 e. The summed E-state index contributed by atoms with van der Waals surface area (Å²) in [5.41, 5.74) is 1.93. The van der Waals surface area contributed by atoms with Gasteiger partial charge in [0.25, 0.3) is 5.91 Å². The number of para-hydroxylation sites is 2. The monoisotopic (exact) mass is 574 g/mol. The third-order valence-electron chi connectivity index (χ3n) is 7.08. The molecule has 4 aromatic rings. The second-order valence-electron chi connectivity index (χ2n) is 9.44. The molecule has 40 heavy (non-hydrogen) atoms. The number of amides is 2. The van der Waals surface area contributed by atoms with Gasteiger partial charge in [-0.15, -0.1) is 0 Å². The molecule has 0 N–H and O–H groups in total. The van der Waals surface area contributed by atoms with E-state index in [1.807, 2.05) is 6.07 Å². The van der Waals surface area contributed by atoms with Crippen molar-refractivity contribution in [3.05, 3.63) is 119 Å². The highest BCUT2D eigenvalue weighted by Crippen LogP contribution is 2.50. The Morgan fingerprint density at radius 2 is 1.45 bits per heavy atom. The van der Waals surface area contributed by atoms with Crippen molar-refractivity contribution in [2.24, 2.45) is 5.92 Å². The number of hydrogen-bond acceptors (Lipinski definition) is 7. The van der Waals surface area contributed by atoms with Crippen LogP contribution in [0.15, 0.2) is 108 Å². The van der Waals surface area contributed by atoms with Crippen molar-refractivity contribution < 1.29 is 27.0 Å².